The minimum Gasteiger partial charge on any atom is -0.462 e. The van der Waals surface area contributed by atoms with Gasteiger partial charge in [-0.15, -0.1) is 0 Å². The van der Waals surface area contributed by atoms with Crippen LogP contribution in [0.15, 0.2) is 24.3 Å². The first-order chi connectivity index (χ1) is 20.0. The first kappa shape index (κ1) is 40.5. The van der Waals surface area contributed by atoms with E-state index in [1.165, 1.54) is 32.1 Å². The highest BCUT2D eigenvalue weighted by atomic mass is 31.2. The van der Waals surface area contributed by atoms with Crippen molar-refractivity contribution in [2.45, 2.75) is 123 Å². The molecule has 0 bridgehead atoms. The Morgan fingerprint density at radius 1 is 0.738 bits per heavy atom. The molecular weight excluding hydrogens is 557 g/mol. The summed E-state index contributed by atoms with van der Waals surface area (Å²) in [7, 11) is 1.46. The van der Waals surface area contributed by atoms with Gasteiger partial charge in [-0.2, -0.15) is 0 Å². The molecule has 42 heavy (non-hydrogen) atoms. The van der Waals surface area contributed by atoms with Crippen molar-refractivity contribution >= 4 is 19.8 Å². The number of rotatable bonds is 28. The van der Waals surface area contributed by atoms with Crippen LogP contribution in [0.25, 0.3) is 0 Å². The number of phosphoric acid groups is 1. The third-order valence-corrected chi connectivity index (χ3v) is 7.47. The number of allylic oxidation sites excluding steroid dienone is 4. The van der Waals surface area contributed by atoms with Gasteiger partial charge >= 0.3 is 19.8 Å². The van der Waals surface area contributed by atoms with Crippen LogP contribution in [-0.4, -0.2) is 74.9 Å². The lowest BCUT2D eigenvalue weighted by Crippen LogP contribution is -2.37. The average Bonchev–Trinajstić information content (AvgIpc) is 2.92. The molecule has 10 heteroatoms. The zero-order valence-electron chi connectivity index (χ0n) is 27.2. The summed E-state index contributed by atoms with van der Waals surface area (Å²) in [4.78, 5) is 34.3. The molecule has 0 amide bonds. The highest BCUT2D eigenvalue weighted by Gasteiger charge is 2.27. The number of likely N-dealkylation sites (N-methyl/N-ethyl adjacent to an activating group) is 1. The number of unbranched alkanes of at least 4 members (excludes halogenated alkanes) is 10. The van der Waals surface area contributed by atoms with Gasteiger partial charge in [0.25, 0.3) is 0 Å². The van der Waals surface area contributed by atoms with Gasteiger partial charge in [-0.1, -0.05) is 83.1 Å². The van der Waals surface area contributed by atoms with Gasteiger partial charge in [0.1, 0.15) is 19.8 Å². The van der Waals surface area contributed by atoms with Gasteiger partial charge in [0, 0.05) is 12.8 Å². The number of hydrogen-bond donors (Lipinski definition) is 1. The second-order valence-electron chi connectivity index (χ2n) is 11.8. The third-order valence-electron chi connectivity index (χ3n) is 6.48. The third kappa shape index (κ3) is 28.6. The lowest BCUT2D eigenvalue weighted by atomic mass is 10.1. The van der Waals surface area contributed by atoms with E-state index >= 15 is 0 Å². The lowest BCUT2D eigenvalue weighted by molar-refractivity contribution is -0.870. The van der Waals surface area contributed by atoms with E-state index in [9.17, 15) is 19.0 Å². The van der Waals surface area contributed by atoms with Gasteiger partial charge in [0.2, 0.25) is 0 Å². The molecule has 0 aliphatic heterocycles. The topological polar surface area (TPSA) is 108 Å². The van der Waals surface area contributed by atoms with Gasteiger partial charge in [-0.3, -0.25) is 18.6 Å². The molecule has 0 rings (SSSR count). The van der Waals surface area contributed by atoms with E-state index in [0.717, 1.165) is 44.9 Å². The Morgan fingerprint density at radius 3 is 1.93 bits per heavy atom. The number of ether oxygens (including phenoxy) is 2. The van der Waals surface area contributed by atoms with E-state index in [4.69, 9.17) is 18.5 Å². The Hall–Kier alpha value is -1.51. The molecule has 1 N–H and O–H groups in total. The Bertz CT molecular complexity index is 794. The van der Waals surface area contributed by atoms with Crippen molar-refractivity contribution in [1.82, 2.24) is 0 Å². The predicted molar refractivity (Wildman–Crippen MR) is 169 cm³/mol. The van der Waals surface area contributed by atoms with Gasteiger partial charge in [-0.25, -0.2) is 4.57 Å². The number of phosphoric ester groups is 1. The standard InChI is InChI=1S/C32H60NO8P/c1-6-8-10-11-12-13-14-15-16-17-18-19-20-21-22-23-25-32(35)41-30(28-38-31(34)24-9-7-2)29-40-42(36,37)39-27-26-33(3,4)5/h13-14,16-17,30H,6-12,15,18-29H2,1-5H3/p+1/b14-13-,17-16-. The molecule has 246 valence electrons. The lowest BCUT2D eigenvalue weighted by Gasteiger charge is -2.24. The van der Waals surface area contributed by atoms with Crippen molar-refractivity contribution in [3.8, 4) is 0 Å². The van der Waals surface area contributed by atoms with Crippen LogP contribution in [0, 0.1) is 0 Å². The molecule has 0 saturated carbocycles. The Labute approximate surface area is 256 Å². The van der Waals surface area contributed by atoms with Crippen LogP contribution in [-0.2, 0) is 32.7 Å². The van der Waals surface area contributed by atoms with Crippen molar-refractivity contribution in [2.75, 3.05) is 47.5 Å². The molecule has 0 radical (unpaired) electrons. The van der Waals surface area contributed by atoms with E-state index in [-0.39, 0.29) is 26.1 Å². The minimum absolute atomic E-state index is 0.0284. The van der Waals surface area contributed by atoms with Crippen LogP contribution in [0.1, 0.15) is 117 Å². The summed E-state index contributed by atoms with van der Waals surface area (Å²) < 4.78 is 33.5. The summed E-state index contributed by atoms with van der Waals surface area (Å²) in [5.41, 5.74) is 0. The zero-order chi connectivity index (χ0) is 31.5. The predicted octanol–water partition coefficient (Wildman–Crippen LogP) is 7.68. The normalized spacial score (nSPS) is 14.3. The second kappa shape index (κ2) is 25.9. The fraction of sp³-hybridized carbons (Fsp3) is 0.812. The van der Waals surface area contributed by atoms with Gasteiger partial charge in [0.05, 0.1) is 27.7 Å². The van der Waals surface area contributed by atoms with Crippen LogP contribution in [0.4, 0.5) is 0 Å². The molecule has 0 aromatic heterocycles. The average molecular weight is 619 g/mol. The summed E-state index contributed by atoms with van der Waals surface area (Å²) in [5.74, 6) is -0.860. The van der Waals surface area contributed by atoms with E-state index in [1.54, 1.807) is 0 Å². The zero-order valence-corrected chi connectivity index (χ0v) is 28.1. The fourth-order valence-electron chi connectivity index (χ4n) is 3.84. The summed E-state index contributed by atoms with van der Waals surface area (Å²) in [6, 6.07) is 0. The van der Waals surface area contributed by atoms with Crippen molar-refractivity contribution in [3.05, 3.63) is 24.3 Å². The number of carbonyl (C=O) groups excluding carboxylic acids is 2. The first-order valence-corrected chi connectivity index (χ1v) is 17.6. The Balaban J connectivity index is 4.29. The molecule has 2 atom stereocenters. The van der Waals surface area contributed by atoms with E-state index in [1.807, 2.05) is 28.1 Å². The fourth-order valence-corrected chi connectivity index (χ4v) is 4.58. The summed E-state index contributed by atoms with van der Waals surface area (Å²) >= 11 is 0. The largest absolute Gasteiger partial charge is 0.472 e. The molecule has 0 saturated heterocycles. The number of carbonyl (C=O) groups is 2. The minimum atomic E-state index is -4.35. The molecule has 0 aliphatic carbocycles. The van der Waals surface area contributed by atoms with Gasteiger partial charge in [0.15, 0.2) is 6.10 Å². The maximum absolute atomic E-state index is 12.4. The van der Waals surface area contributed by atoms with E-state index in [0.29, 0.717) is 23.9 Å². The number of esters is 2. The molecule has 2 unspecified atom stereocenters. The van der Waals surface area contributed by atoms with Crippen molar-refractivity contribution in [3.63, 3.8) is 0 Å². The van der Waals surface area contributed by atoms with Crippen LogP contribution in [0.5, 0.6) is 0 Å². The second-order valence-corrected chi connectivity index (χ2v) is 13.3. The van der Waals surface area contributed by atoms with E-state index < -0.39 is 32.5 Å². The van der Waals surface area contributed by atoms with Crippen molar-refractivity contribution in [2.24, 2.45) is 0 Å². The molecule has 0 aromatic carbocycles. The molecule has 0 aliphatic rings. The van der Waals surface area contributed by atoms with Crippen molar-refractivity contribution < 1.29 is 42.1 Å². The Kier molecular flexibility index (Phi) is 25.0. The number of nitrogens with zero attached hydrogens (tertiary/aromatic N) is 1. The monoisotopic (exact) mass is 618 g/mol. The molecule has 0 fully saturated rings. The molecule has 9 nitrogen and oxygen atoms in total. The maximum Gasteiger partial charge on any atom is 0.472 e. The highest BCUT2D eigenvalue weighted by Crippen LogP contribution is 2.43. The first-order valence-electron chi connectivity index (χ1n) is 16.1. The summed E-state index contributed by atoms with van der Waals surface area (Å²) in [6.45, 7) is 4.09. The van der Waals surface area contributed by atoms with Crippen LogP contribution in [0.3, 0.4) is 0 Å². The van der Waals surface area contributed by atoms with Crippen LogP contribution in [0.2, 0.25) is 0 Å². The van der Waals surface area contributed by atoms with Crippen LogP contribution >= 0.6 is 7.82 Å². The summed E-state index contributed by atoms with van der Waals surface area (Å²) in [6.07, 6.45) is 23.4. The molecule has 0 heterocycles. The summed E-state index contributed by atoms with van der Waals surface area (Å²) in [5, 5.41) is 0. The van der Waals surface area contributed by atoms with Gasteiger partial charge in [-0.05, 0) is 44.9 Å². The maximum atomic E-state index is 12.4. The Morgan fingerprint density at radius 2 is 1.31 bits per heavy atom. The quantitative estimate of drug-likeness (QED) is 0.0313. The number of quaternary nitrogens is 1. The highest BCUT2D eigenvalue weighted by molar-refractivity contribution is 7.47. The molecule has 0 aromatic rings. The number of hydrogen-bond acceptors (Lipinski definition) is 7. The van der Waals surface area contributed by atoms with Gasteiger partial charge < -0.3 is 18.9 Å². The smallest absolute Gasteiger partial charge is 0.462 e. The van der Waals surface area contributed by atoms with E-state index in [2.05, 4.69) is 31.2 Å². The van der Waals surface area contributed by atoms with Crippen molar-refractivity contribution in [1.29, 1.82) is 0 Å². The SMILES string of the molecule is CCCCCC/C=C\C/C=C\CCCCCCCC(=O)OC(COC(=O)CCCC)COP(=O)(O)OCC[N+](C)(C)C. The molecule has 0 spiro atoms. The molecular formula is C32H61NO8P+. The van der Waals surface area contributed by atoms with Crippen LogP contribution < -0.4 is 0 Å².